The molecule has 0 bridgehead atoms. The first-order valence-corrected chi connectivity index (χ1v) is 8.37. The predicted molar refractivity (Wildman–Crippen MR) is 91.6 cm³/mol. The number of benzene rings is 1. The maximum atomic E-state index is 12.5. The first kappa shape index (κ1) is 16.0. The molecule has 0 spiro atoms. The normalized spacial score (nSPS) is 17.3. The van der Waals surface area contributed by atoms with Crippen LogP contribution in [0.3, 0.4) is 0 Å². The fourth-order valence-corrected chi connectivity index (χ4v) is 2.97. The highest BCUT2D eigenvalue weighted by atomic mass is 79.9. The molecular weight excluding hydrogens is 358 g/mol. The van der Waals surface area contributed by atoms with E-state index in [0.29, 0.717) is 23.7 Å². The maximum Gasteiger partial charge on any atom is 0.255 e. The lowest BCUT2D eigenvalue weighted by Crippen LogP contribution is -2.39. The number of nitrogens with two attached hydrogens (primary N) is 1. The lowest BCUT2D eigenvalue weighted by molar-refractivity contribution is 0.0740. The van der Waals surface area contributed by atoms with Crippen molar-refractivity contribution in [2.45, 2.75) is 18.9 Å². The standard InChI is InChI=1S/C17H18BrN3O2/c18-13-4-6-15(7-5-13)23-16-8-3-12(11-20-16)17(22)21-9-1-2-14(21)10-19/h3-8,11,14H,1-2,9-10,19H2. The highest BCUT2D eigenvalue weighted by Gasteiger charge is 2.28. The van der Waals surface area contributed by atoms with E-state index in [-0.39, 0.29) is 11.9 Å². The quantitative estimate of drug-likeness (QED) is 0.890. The van der Waals surface area contributed by atoms with Crippen LogP contribution in [0.15, 0.2) is 47.1 Å². The van der Waals surface area contributed by atoms with Gasteiger partial charge in [-0.15, -0.1) is 0 Å². The number of aromatic nitrogens is 1. The number of amides is 1. The van der Waals surface area contributed by atoms with Crippen molar-refractivity contribution in [3.63, 3.8) is 0 Å². The molecule has 0 radical (unpaired) electrons. The number of rotatable bonds is 4. The minimum absolute atomic E-state index is 0.0133. The molecule has 1 aliphatic rings. The molecule has 1 amide bonds. The summed E-state index contributed by atoms with van der Waals surface area (Å²) in [5, 5.41) is 0. The van der Waals surface area contributed by atoms with Gasteiger partial charge in [-0.1, -0.05) is 15.9 Å². The van der Waals surface area contributed by atoms with E-state index in [1.165, 1.54) is 0 Å². The van der Waals surface area contributed by atoms with Gasteiger partial charge < -0.3 is 15.4 Å². The van der Waals surface area contributed by atoms with E-state index in [0.717, 1.165) is 23.9 Å². The molecule has 6 heteroatoms. The van der Waals surface area contributed by atoms with E-state index in [1.54, 1.807) is 18.3 Å². The van der Waals surface area contributed by atoms with Crippen molar-refractivity contribution in [3.05, 3.63) is 52.6 Å². The number of pyridine rings is 1. The molecule has 5 nitrogen and oxygen atoms in total. The van der Waals surface area contributed by atoms with Crippen molar-refractivity contribution in [1.82, 2.24) is 9.88 Å². The Balaban J connectivity index is 1.69. The number of hydrogen-bond donors (Lipinski definition) is 1. The van der Waals surface area contributed by atoms with Crippen LogP contribution < -0.4 is 10.5 Å². The summed E-state index contributed by atoms with van der Waals surface area (Å²) < 4.78 is 6.64. The summed E-state index contributed by atoms with van der Waals surface area (Å²) in [6, 6.07) is 11.1. The molecule has 1 fully saturated rings. The van der Waals surface area contributed by atoms with Gasteiger partial charge in [0.1, 0.15) is 5.75 Å². The van der Waals surface area contributed by atoms with Crippen molar-refractivity contribution in [2.75, 3.05) is 13.1 Å². The highest BCUT2D eigenvalue weighted by molar-refractivity contribution is 9.10. The van der Waals surface area contributed by atoms with Gasteiger partial charge in [0.25, 0.3) is 5.91 Å². The van der Waals surface area contributed by atoms with Gasteiger partial charge in [-0.3, -0.25) is 4.79 Å². The molecule has 1 aliphatic heterocycles. The summed E-state index contributed by atoms with van der Waals surface area (Å²) in [6.45, 7) is 1.27. The van der Waals surface area contributed by atoms with Gasteiger partial charge in [0, 0.05) is 35.9 Å². The van der Waals surface area contributed by atoms with E-state index in [1.807, 2.05) is 29.2 Å². The van der Waals surface area contributed by atoms with Gasteiger partial charge in [0.2, 0.25) is 5.88 Å². The maximum absolute atomic E-state index is 12.5. The number of halogens is 1. The van der Waals surface area contributed by atoms with Gasteiger partial charge in [0.05, 0.1) is 5.56 Å². The van der Waals surface area contributed by atoms with Crippen LogP contribution in [0.2, 0.25) is 0 Å². The topological polar surface area (TPSA) is 68.5 Å². The summed E-state index contributed by atoms with van der Waals surface area (Å²) >= 11 is 3.38. The zero-order valence-electron chi connectivity index (χ0n) is 12.6. The van der Waals surface area contributed by atoms with Gasteiger partial charge in [-0.2, -0.15) is 0 Å². The van der Waals surface area contributed by atoms with Gasteiger partial charge in [-0.05, 0) is 43.2 Å². The number of carbonyl (C=O) groups is 1. The molecule has 23 heavy (non-hydrogen) atoms. The van der Waals surface area contributed by atoms with E-state index in [2.05, 4.69) is 20.9 Å². The average molecular weight is 376 g/mol. The van der Waals surface area contributed by atoms with E-state index in [9.17, 15) is 4.79 Å². The molecule has 120 valence electrons. The first-order valence-electron chi connectivity index (χ1n) is 7.58. The number of hydrogen-bond acceptors (Lipinski definition) is 4. The lowest BCUT2D eigenvalue weighted by atomic mass is 10.2. The van der Waals surface area contributed by atoms with Gasteiger partial charge >= 0.3 is 0 Å². The van der Waals surface area contributed by atoms with E-state index in [4.69, 9.17) is 10.5 Å². The number of ether oxygens (including phenoxy) is 1. The van der Waals surface area contributed by atoms with Crippen LogP contribution in [-0.4, -0.2) is 34.9 Å². The van der Waals surface area contributed by atoms with Crippen molar-refractivity contribution in [1.29, 1.82) is 0 Å². The van der Waals surface area contributed by atoms with Crippen LogP contribution in [0.25, 0.3) is 0 Å². The molecule has 2 N–H and O–H groups in total. The average Bonchev–Trinajstić information content (AvgIpc) is 3.06. The Hall–Kier alpha value is -1.92. The third kappa shape index (κ3) is 3.71. The SMILES string of the molecule is NCC1CCCN1C(=O)c1ccc(Oc2ccc(Br)cc2)nc1. The Bertz CT molecular complexity index is 673. The summed E-state index contributed by atoms with van der Waals surface area (Å²) in [5.41, 5.74) is 6.29. The van der Waals surface area contributed by atoms with Crippen LogP contribution in [0.5, 0.6) is 11.6 Å². The number of nitrogens with zero attached hydrogens (tertiary/aromatic N) is 2. The van der Waals surface area contributed by atoms with Crippen LogP contribution in [0, 0.1) is 0 Å². The molecule has 1 aromatic carbocycles. The highest BCUT2D eigenvalue weighted by Crippen LogP contribution is 2.23. The molecule has 0 saturated carbocycles. The van der Waals surface area contributed by atoms with Crippen LogP contribution in [0.4, 0.5) is 0 Å². The zero-order chi connectivity index (χ0) is 16.2. The molecule has 2 aromatic rings. The summed E-state index contributed by atoms with van der Waals surface area (Å²) in [6.07, 6.45) is 3.54. The summed E-state index contributed by atoms with van der Waals surface area (Å²) in [5.74, 6) is 1.14. The van der Waals surface area contributed by atoms with Crippen molar-refractivity contribution in [2.24, 2.45) is 5.73 Å². The van der Waals surface area contributed by atoms with Gasteiger partial charge in [0.15, 0.2) is 0 Å². The van der Waals surface area contributed by atoms with Crippen LogP contribution >= 0.6 is 15.9 Å². The fraction of sp³-hybridized carbons (Fsp3) is 0.294. The van der Waals surface area contributed by atoms with Crippen LogP contribution in [-0.2, 0) is 0 Å². The van der Waals surface area contributed by atoms with Crippen molar-refractivity contribution in [3.8, 4) is 11.6 Å². The second kappa shape index (κ2) is 7.10. The van der Waals surface area contributed by atoms with E-state index < -0.39 is 0 Å². The first-order chi connectivity index (χ1) is 11.2. The molecule has 1 unspecified atom stereocenters. The molecule has 0 aliphatic carbocycles. The Morgan fingerprint density at radius 1 is 1.30 bits per heavy atom. The molecule has 1 saturated heterocycles. The van der Waals surface area contributed by atoms with Gasteiger partial charge in [-0.25, -0.2) is 4.98 Å². The third-order valence-corrected chi connectivity index (χ3v) is 4.46. The second-order valence-electron chi connectivity index (χ2n) is 5.47. The summed E-state index contributed by atoms with van der Waals surface area (Å²) in [7, 11) is 0. The largest absolute Gasteiger partial charge is 0.439 e. The monoisotopic (exact) mass is 375 g/mol. The lowest BCUT2D eigenvalue weighted by Gasteiger charge is -2.23. The smallest absolute Gasteiger partial charge is 0.255 e. The summed E-state index contributed by atoms with van der Waals surface area (Å²) in [4.78, 5) is 18.6. The Kier molecular flexibility index (Phi) is 4.93. The van der Waals surface area contributed by atoms with E-state index >= 15 is 0 Å². The zero-order valence-corrected chi connectivity index (χ0v) is 14.2. The molecule has 1 atom stereocenters. The number of carbonyl (C=O) groups excluding carboxylic acids is 1. The molecule has 1 aromatic heterocycles. The van der Waals surface area contributed by atoms with Crippen molar-refractivity contribution >= 4 is 21.8 Å². The molecule has 3 rings (SSSR count). The second-order valence-corrected chi connectivity index (χ2v) is 6.39. The minimum Gasteiger partial charge on any atom is -0.439 e. The Morgan fingerprint density at radius 2 is 2.09 bits per heavy atom. The number of likely N-dealkylation sites (tertiary alicyclic amines) is 1. The van der Waals surface area contributed by atoms with Crippen LogP contribution in [0.1, 0.15) is 23.2 Å². The van der Waals surface area contributed by atoms with Crippen molar-refractivity contribution < 1.29 is 9.53 Å². The third-order valence-electron chi connectivity index (χ3n) is 3.93. The predicted octanol–water partition coefficient (Wildman–Crippen LogP) is 3.20. The molecular formula is C17H18BrN3O2. The minimum atomic E-state index is -0.0133. The Labute approximate surface area is 143 Å². The fourth-order valence-electron chi connectivity index (χ4n) is 2.70. The molecule has 2 heterocycles. The Morgan fingerprint density at radius 3 is 2.74 bits per heavy atom.